The van der Waals surface area contributed by atoms with Gasteiger partial charge in [-0.2, -0.15) is 0 Å². The van der Waals surface area contributed by atoms with Gasteiger partial charge in [-0.15, -0.1) is 0 Å². The first-order valence-corrected chi connectivity index (χ1v) is 16.2. The molecule has 0 radical (unpaired) electrons. The van der Waals surface area contributed by atoms with E-state index in [9.17, 15) is 14.4 Å². The molecule has 1 aliphatic carbocycles. The van der Waals surface area contributed by atoms with Crippen molar-refractivity contribution in [3.63, 3.8) is 0 Å². The quantitative estimate of drug-likeness (QED) is 0.453. The van der Waals surface area contributed by atoms with E-state index in [1.54, 1.807) is 12.0 Å². The third-order valence-electron chi connectivity index (χ3n) is 9.91. The average Bonchev–Trinajstić information content (AvgIpc) is 3.56. The van der Waals surface area contributed by atoms with Crippen molar-refractivity contribution in [1.82, 2.24) is 20.2 Å². The molecule has 1 N–H and O–H groups in total. The summed E-state index contributed by atoms with van der Waals surface area (Å²) in [6, 6.07) is 4.02. The van der Waals surface area contributed by atoms with E-state index in [2.05, 4.69) is 19.2 Å². The largest absolute Gasteiger partial charge is 0.497 e. The van der Waals surface area contributed by atoms with E-state index < -0.39 is 35.3 Å². The first-order chi connectivity index (χ1) is 20.9. The van der Waals surface area contributed by atoms with Gasteiger partial charge in [0.1, 0.15) is 35.5 Å². The number of nitrogens with zero attached hydrogens (tertiary/aromatic N) is 3. The van der Waals surface area contributed by atoms with Crippen LogP contribution in [0.4, 0.5) is 4.79 Å². The number of methoxy groups -OCH3 is 1. The molecule has 6 atom stereocenters. The van der Waals surface area contributed by atoms with Crippen molar-refractivity contribution in [2.75, 3.05) is 13.7 Å². The second kappa shape index (κ2) is 12.5. The summed E-state index contributed by atoms with van der Waals surface area (Å²) in [6.45, 7) is 12.1. The maximum absolute atomic E-state index is 14.2. The van der Waals surface area contributed by atoms with Gasteiger partial charge in [0.2, 0.25) is 11.8 Å². The van der Waals surface area contributed by atoms with Crippen LogP contribution in [0.25, 0.3) is 11.0 Å². The fraction of sp³-hybridized carbons (Fsp3) is 0.676. The molecule has 1 aromatic heterocycles. The predicted molar refractivity (Wildman–Crippen MR) is 167 cm³/mol. The molecular weight excluding hydrogens is 560 g/mol. The lowest BCUT2D eigenvalue weighted by molar-refractivity contribution is -0.139. The topological polar surface area (TPSA) is 120 Å². The maximum Gasteiger partial charge on any atom is 0.408 e. The Labute approximate surface area is 260 Å². The number of carbonyl (C=O) groups is 3. The van der Waals surface area contributed by atoms with Crippen LogP contribution in [0, 0.1) is 23.2 Å². The number of aryl methyl sites for hydroxylation is 1. The first kappa shape index (κ1) is 32.0. The smallest absolute Gasteiger partial charge is 0.408 e. The summed E-state index contributed by atoms with van der Waals surface area (Å²) >= 11 is 0. The monoisotopic (exact) mass is 608 g/mol. The molecule has 2 aliphatic heterocycles. The summed E-state index contributed by atoms with van der Waals surface area (Å²) in [5.41, 5.74) is 1.04. The molecule has 10 nitrogen and oxygen atoms in total. The Morgan fingerprint density at radius 2 is 1.93 bits per heavy atom. The number of aldehydes is 1. The number of carbonyl (C=O) groups excluding carboxylic acids is 3. The molecule has 1 saturated carbocycles. The zero-order chi connectivity index (χ0) is 31.8. The number of fused-ring (bicyclic) bond motifs is 5. The van der Waals surface area contributed by atoms with Gasteiger partial charge in [0.25, 0.3) is 0 Å². The van der Waals surface area contributed by atoms with Crippen molar-refractivity contribution in [3.8, 4) is 11.6 Å². The molecule has 44 heavy (non-hydrogen) atoms. The lowest BCUT2D eigenvalue weighted by atomic mass is 9.85. The van der Waals surface area contributed by atoms with E-state index in [4.69, 9.17) is 24.2 Å². The van der Waals surface area contributed by atoms with Crippen LogP contribution < -0.4 is 14.8 Å². The molecule has 1 saturated heterocycles. The molecule has 2 aromatic rings. The van der Waals surface area contributed by atoms with Gasteiger partial charge in [0.15, 0.2) is 0 Å². The zero-order valence-electron chi connectivity index (χ0n) is 27.2. The third-order valence-corrected chi connectivity index (χ3v) is 9.91. The number of hydrogen-bond donors (Lipinski definition) is 1. The van der Waals surface area contributed by atoms with Crippen LogP contribution in [0.2, 0.25) is 0 Å². The number of nitrogens with one attached hydrogen (secondary N) is 1. The molecule has 2 fully saturated rings. The molecule has 1 unspecified atom stereocenters. The highest BCUT2D eigenvalue weighted by Gasteiger charge is 2.59. The van der Waals surface area contributed by atoms with Gasteiger partial charge in [-0.05, 0) is 55.6 Å². The highest BCUT2D eigenvalue weighted by Crippen LogP contribution is 2.55. The van der Waals surface area contributed by atoms with Crippen molar-refractivity contribution in [1.29, 1.82) is 0 Å². The Hall–Kier alpha value is -3.43. The van der Waals surface area contributed by atoms with Crippen molar-refractivity contribution in [2.45, 2.75) is 110 Å². The van der Waals surface area contributed by atoms with Crippen molar-refractivity contribution >= 4 is 29.3 Å². The number of amides is 2. The van der Waals surface area contributed by atoms with E-state index >= 15 is 0 Å². The number of rotatable bonds is 4. The lowest BCUT2D eigenvalue weighted by Crippen LogP contribution is -2.57. The maximum atomic E-state index is 14.2. The molecule has 240 valence electrons. The minimum atomic E-state index is -0.891. The van der Waals surface area contributed by atoms with Crippen LogP contribution in [0.5, 0.6) is 11.6 Å². The van der Waals surface area contributed by atoms with Crippen molar-refractivity contribution in [3.05, 3.63) is 23.9 Å². The van der Waals surface area contributed by atoms with Gasteiger partial charge in [0, 0.05) is 17.9 Å². The van der Waals surface area contributed by atoms with Crippen molar-refractivity contribution in [2.24, 2.45) is 23.2 Å². The fourth-order valence-corrected chi connectivity index (χ4v) is 7.14. The summed E-state index contributed by atoms with van der Waals surface area (Å²) in [5, 5.41) is 2.91. The number of hydrogen-bond acceptors (Lipinski definition) is 8. The summed E-state index contributed by atoms with van der Waals surface area (Å²) < 4.78 is 18.2. The molecule has 3 heterocycles. The van der Waals surface area contributed by atoms with E-state index in [0.29, 0.717) is 30.0 Å². The SMILES string of the molecule is CC[C@@H]1[C@@H]2CN(C(=O)[C@H](C(C)(C)C)NC(=O)OC3(C(C)C)C[C@H]3CCCCCc3nc4ccc(OC)cc4nc3O2)[C@@H]1C=O. The van der Waals surface area contributed by atoms with Crippen LogP contribution in [0.15, 0.2) is 18.2 Å². The van der Waals surface area contributed by atoms with Crippen LogP contribution in [-0.4, -0.2) is 70.6 Å². The summed E-state index contributed by atoms with van der Waals surface area (Å²) in [4.78, 5) is 51.6. The number of ether oxygens (including phenoxy) is 3. The fourth-order valence-electron chi connectivity index (χ4n) is 7.14. The van der Waals surface area contributed by atoms with Crippen LogP contribution in [-0.2, 0) is 20.7 Å². The molecule has 2 amide bonds. The molecule has 5 rings (SSSR count). The number of benzene rings is 1. The van der Waals surface area contributed by atoms with Gasteiger partial charge >= 0.3 is 6.09 Å². The Bertz CT molecular complexity index is 1390. The lowest BCUT2D eigenvalue weighted by Gasteiger charge is -2.35. The van der Waals surface area contributed by atoms with Crippen LogP contribution in [0.3, 0.4) is 0 Å². The van der Waals surface area contributed by atoms with E-state index in [-0.39, 0.29) is 30.2 Å². The highest BCUT2D eigenvalue weighted by molar-refractivity contribution is 5.89. The second-order valence-corrected chi connectivity index (χ2v) is 14.1. The summed E-state index contributed by atoms with van der Waals surface area (Å²) in [6.07, 6.45) is 5.80. The highest BCUT2D eigenvalue weighted by atomic mass is 16.6. The van der Waals surface area contributed by atoms with Gasteiger partial charge in [-0.3, -0.25) is 4.79 Å². The van der Waals surface area contributed by atoms with Gasteiger partial charge in [-0.25, -0.2) is 14.8 Å². The standard InChI is InChI=1S/C34H48N4O6/c1-8-23-27(19-39)38-18-28(23)43-30-25(35-24-15-14-22(42-7)16-26(24)36-30)13-11-9-10-12-21-17-34(21,20(2)3)44-32(41)37-29(31(38)40)33(4,5)6/h14-16,19-21,23,27-29H,8-13,17-18H2,1-7H3,(H,37,41)/t21-,23+,27-,28+,29-,34?/m1/s1. The number of aromatic nitrogens is 2. The molecular formula is C34H48N4O6. The Balaban J connectivity index is 1.53. The van der Waals surface area contributed by atoms with Gasteiger partial charge in [-0.1, -0.05) is 54.4 Å². The van der Waals surface area contributed by atoms with E-state index in [1.807, 2.05) is 45.9 Å². The Kier molecular flexibility index (Phi) is 9.10. The predicted octanol–water partition coefficient (Wildman–Crippen LogP) is 5.49. The van der Waals surface area contributed by atoms with Crippen LogP contribution in [0.1, 0.15) is 85.8 Å². The van der Waals surface area contributed by atoms with Crippen molar-refractivity contribution < 1.29 is 28.6 Å². The second-order valence-electron chi connectivity index (χ2n) is 14.1. The molecule has 0 spiro atoms. The number of alkyl carbamates (subject to hydrolysis) is 1. The molecule has 3 aliphatic rings. The Morgan fingerprint density at radius 1 is 1.16 bits per heavy atom. The van der Waals surface area contributed by atoms with Gasteiger partial charge in [0.05, 0.1) is 30.7 Å². The van der Waals surface area contributed by atoms with Crippen LogP contribution >= 0.6 is 0 Å². The third kappa shape index (κ3) is 6.22. The van der Waals surface area contributed by atoms with Gasteiger partial charge < -0.3 is 29.2 Å². The molecule has 10 heteroatoms. The first-order valence-electron chi connectivity index (χ1n) is 16.2. The molecule has 2 bridgehead atoms. The summed E-state index contributed by atoms with van der Waals surface area (Å²) in [7, 11) is 1.61. The van der Waals surface area contributed by atoms with E-state index in [0.717, 1.165) is 49.6 Å². The minimum absolute atomic E-state index is 0.155. The zero-order valence-corrected chi connectivity index (χ0v) is 27.2. The minimum Gasteiger partial charge on any atom is -0.497 e. The normalized spacial score (nSPS) is 29.9. The molecule has 1 aromatic carbocycles. The Morgan fingerprint density at radius 3 is 2.59 bits per heavy atom. The summed E-state index contributed by atoms with van der Waals surface area (Å²) in [5.74, 6) is 0.978. The van der Waals surface area contributed by atoms with E-state index in [1.165, 1.54) is 0 Å². The average molecular weight is 609 g/mol.